The maximum absolute atomic E-state index is 5.59. The van der Waals surface area contributed by atoms with Crippen molar-refractivity contribution in [1.29, 1.82) is 0 Å². The molecule has 16 heavy (non-hydrogen) atoms. The molecule has 0 saturated carbocycles. The second-order valence-electron chi connectivity index (χ2n) is 3.99. The second-order valence-corrected chi connectivity index (χ2v) is 3.99. The molecule has 2 aromatic rings. The van der Waals surface area contributed by atoms with Crippen molar-refractivity contribution in [3.8, 4) is 11.5 Å². The first-order valence-corrected chi connectivity index (χ1v) is 5.43. The summed E-state index contributed by atoms with van der Waals surface area (Å²) < 4.78 is 7.47. The van der Waals surface area contributed by atoms with E-state index in [0.29, 0.717) is 6.54 Å². The Hall–Kier alpha value is -1.55. The molecule has 0 saturated heterocycles. The van der Waals surface area contributed by atoms with E-state index >= 15 is 0 Å². The molecule has 0 fully saturated rings. The second kappa shape index (κ2) is 4.14. The van der Waals surface area contributed by atoms with E-state index in [1.807, 2.05) is 30.8 Å². The normalized spacial score (nSPS) is 11.0. The number of nitrogens with two attached hydrogens (primary N) is 1. The van der Waals surface area contributed by atoms with Gasteiger partial charge in [-0.25, -0.2) is 0 Å². The Morgan fingerprint density at radius 1 is 1.38 bits per heavy atom. The van der Waals surface area contributed by atoms with Gasteiger partial charge in [0.25, 0.3) is 0 Å². The van der Waals surface area contributed by atoms with Gasteiger partial charge in [0.05, 0.1) is 0 Å². The standard InChI is InChI=1S/C12H17N3O/c1-8-4-5-11(16-8)12-9(2)10(6-7-13)15(3)14-12/h4-5H,6-7,13H2,1-3H3. The Bertz CT molecular complexity index is 496. The third-order valence-electron chi connectivity index (χ3n) is 2.78. The summed E-state index contributed by atoms with van der Waals surface area (Å²) in [5, 5.41) is 4.48. The molecule has 2 rings (SSSR count). The van der Waals surface area contributed by atoms with Gasteiger partial charge >= 0.3 is 0 Å². The largest absolute Gasteiger partial charge is 0.460 e. The molecule has 0 aliphatic carbocycles. The van der Waals surface area contributed by atoms with Gasteiger partial charge in [-0.2, -0.15) is 5.10 Å². The number of hydrogen-bond acceptors (Lipinski definition) is 3. The maximum atomic E-state index is 5.59. The van der Waals surface area contributed by atoms with Crippen molar-refractivity contribution in [2.45, 2.75) is 20.3 Å². The maximum Gasteiger partial charge on any atom is 0.154 e. The number of aromatic nitrogens is 2. The monoisotopic (exact) mass is 219 g/mol. The van der Waals surface area contributed by atoms with Gasteiger partial charge < -0.3 is 10.2 Å². The van der Waals surface area contributed by atoms with Gasteiger partial charge in [0.1, 0.15) is 11.5 Å². The Kier molecular flexibility index (Phi) is 2.83. The molecule has 0 radical (unpaired) electrons. The number of nitrogens with zero attached hydrogens (tertiary/aromatic N) is 2. The van der Waals surface area contributed by atoms with Gasteiger partial charge in [-0.1, -0.05) is 0 Å². The van der Waals surface area contributed by atoms with Crippen molar-refractivity contribution in [3.63, 3.8) is 0 Å². The van der Waals surface area contributed by atoms with Gasteiger partial charge in [0, 0.05) is 24.7 Å². The van der Waals surface area contributed by atoms with E-state index in [-0.39, 0.29) is 0 Å². The van der Waals surface area contributed by atoms with Gasteiger partial charge in [0.15, 0.2) is 5.76 Å². The zero-order chi connectivity index (χ0) is 11.7. The summed E-state index contributed by atoms with van der Waals surface area (Å²) in [4.78, 5) is 0. The fraction of sp³-hybridized carbons (Fsp3) is 0.417. The predicted octanol–water partition coefficient (Wildman–Crippen LogP) is 1.80. The smallest absolute Gasteiger partial charge is 0.154 e. The lowest BCUT2D eigenvalue weighted by atomic mass is 10.1. The fourth-order valence-electron chi connectivity index (χ4n) is 1.95. The number of furan rings is 1. The Morgan fingerprint density at radius 3 is 2.69 bits per heavy atom. The summed E-state index contributed by atoms with van der Waals surface area (Å²) in [6.07, 6.45) is 0.842. The van der Waals surface area contributed by atoms with Crippen molar-refractivity contribution >= 4 is 0 Å². The van der Waals surface area contributed by atoms with Crippen LogP contribution in [0.3, 0.4) is 0 Å². The molecule has 4 heteroatoms. The number of aryl methyl sites for hydroxylation is 2. The van der Waals surface area contributed by atoms with Gasteiger partial charge in [-0.15, -0.1) is 0 Å². The van der Waals surface area contributed by atoms with Gasteiger partial charge in [0.2, 0.25) is 0 Å². The van der Waals surface area contributed by atoms with Crippen LogP contribution in [-0.2, 0) is 13.5 Å². The van der Waals surface area contributed by atoms with E-state index in [0.717, 1.165) is 29.2 Å². The molecule has 0 bridgehead atoms. The van der Waals surface area contributed by atoms with Crippen LogP contribution in [-0.4, -0.2) is 16.3 Å². The van der Waals surface area contributed by atoms with Crippen molar-refractivity contribution in [1.82, 2.24) is 9.78 Å². The minimum Gasteiger partial charge on any atom is -0.460 e. The molecule has 0 amide bonds. The molecular formula is C12H17N3O. The van der Waals surface area contributed by atoms with E-state index < -0.39 is 0 Å². The first kappa shape index (κ1) is 11.0. The zero-order valence-corrected chi connectivity index (χ0v) is 9.95. The molecule has 0 spiro atoms. The Balaban J connectivity index is 2.46. The number of rotatable bonds is 3. The summed E-state index contributed by atoms with van der Waals surface area (Å²) in [7, 11) is 1.94. The van der Waals surface area contributed by atoms with E-state index in [1.165, 1.54) is 5.69 Å². The van der Waals surface area contributed by atoms with Crippen LogP contribution < -0.4 is 5.73 Å². The van der Waals surface area contributed by atoms with Crippen molar-refractivity contribution in [3.05, 3.63) is 29.2 Å². The topological polar surface area (TPSA) is 57.0 Å². The summed E-state index contributed by atoms with van der Waals surface area (Å²) in [6, 6.07) is 3.91. The lowest BCUT2D eigenvalue weighted by Crippen LogP contribution is -2.08. The average molecular weight is 219 g/mol. The highest BCUT2D eigenvalue weighted by Gasteiger charge is 2.15. The van der Waals surface area contributed by atoms with E-state index in [9.17, 15) is 0 Å². The molecule has 0 unspecified atom stereocenters. The summed E-state index contributed by atoms with van der Waals surface area (Å²) in [6.45, 7) is 4.63. The molecule has 0 atom stereocenters. The van der Waals surface area contributed by atoms with E-state index in [4.69, 9.17) is 10.2 Å². The van der Waals surface area contributed by atoms with Crippen molar-refractivity contribution in [2.75, 3.05) is 6.54 Å². The molecule has 86 valence electrons. The fourth-order valence-corrected chi connectivity index (χ4v) is 1.95. The first-order chi connectivity index (χ1) is 7.63. The van der Waals surface area contributed by atoms with Crippen molar-refractivity contribution < 1.29 is 4.42 Å². The van der Waals surface area contributed by atoms with Crippen LogP contribution in [0.2, 0.25) is 0 Å². The van der Waals surface area contributed by atoms with Crippen LogP contribution in [0.1, 0.15) is 17.0 Å². The molecule has 4 nitrogen and oxygen atoms in total. The van der Waals surface area contributed by atoms with Crippen LogP contribution in [0.15, 0.2) is 16.5 Å². The van der Waals surface area contributed by atoms with E-state index in [2.05, 4.69) is 12.0 Å². The van der Waals surface area contributed by atoms with Crippen molar-refractivity contribution in [2.24, 2.45) is 12.8 Å². The zero-order valence-electron chi connectivity index (χ0n) is 9.95. The lowest BCUT2D eigenvalue weighted by molar-refractivity contribution is 0.544. The van der Waals surface area contributed by atoms with Gasteiger partial charge in [-0.05, 0) is 32.5 Å². The quantitative estimate of drug-likeness (QED) is 0.856. The van der Waals surface area contributed by atoms with Crippen LogP contribution in [0.4, 0.5) is 0 Å². The Morgan fingerprint density at radius 2 is 2.12 bits per heavy atom. The van der Waals surface area contributed by atoms with Crippen LogP contribution >= 0.6 is 0 Å². The Labute approximate surface area is 95.1 Å². The highest BCUT2D eigenvalue weighted by molar-refractivity contribution is 5.58. The summed E-state index contributed by atoms with van der Waals surface area (Å²) >= 11 is 0. The molecule has 2 N–H and O–H groups in total. The minimum absolute atomic E-state index is 0.636. The highest BCUT2D eigenvalue weighted by atomic mass is 16.3. The molecule has 0 aliphatic rings. The molecular weight excluding hydrogens is 202 g/mol. The highest BCUT2D eigenvalue weighted by Crippen LogP contribution is 2.26. The molecule has 2 heterocycles. The van der Waals surface area contributed by atoms with E-state index in [1.54, 1.807) is 0 Å². The number of hydrogen-bond donors (Lipinski definition) is 1. The SMILES string of the molecule is Cc1ccc(-c2nn(C)c(CCN)c2C)o1. The van der Waals surface area contributed by atoms with Crippen LogP contribution in [0.25, 0.3) is 11.5 Å². The molecule has 0 aliphatic heterocycles. The van der Waals surface area contributed by atoms with Crippen LogP contribution in [0.5, 0.6) is 0 Å². The van der Waals surface area contributed by atoms with Crippen LogP contribution in [0, 0.1) is 13.8 Å². The minimum atomic E-state index is 0.636. The summed E-state index contributed by atoms with van der Waals surface area (Å²) in [5.74, 6) is 1.73. The third-order valence-corrected chi connectivity index (χ3v) is 2.78. The lowest BCUT2D eigenvalue weighted by Gasteiger charge is -1.99. The first-order valence-electron chi connectivity index (χ1n) is 5.43. The predicted molar refractivity (Wildman–Crippen MR) is 63.1 cm³/mol. The summed E-state index contributed by atoms with van der Waals surface area (Å²) in [5.41, 5.74) is 8.83. The molecule has 0 aromatic carbocycles. The van der Waals surface area contributed by atoms with Gasteiger partial charge in [-0.3, -0.25) is 4.68 Å². The molecule has 2 aromatic heterocycles. The third kappa shape index (κ3) is 1.76. The average Bonchev–Trinajstić information content (AvgIpc) is 2.77.